The van der Waals surface area contributed by atoms with Gasteiger partial charge in [-0.05, 0) is 48.4 Å². The molecule has 35 heavy (non-hydrogen) atoms. The number of Topliss-reactive ketones (excluding diaryl/α,β-unsaturated/α-hetero) is 1. The zero-order chi connectivity index (χ0) is 23.7. The number of fused-ring (bicyclic) bond motifs is 3. The summed E-state index contributed by atoms with van der Waals surface area (Å²) in [6.45, 7) is 2.04. The van der Waals surface area contributed by atoms with Crippen LogP contribution in [-0.2, 0) is 9.59 Å². The average molecular weight is 460 g/mol. The van der Waals surface area contributed by atoms with E-state index in [-0.39, 0.29) is 0 Å². The lowest BCUT2D eigenvalue weighted by Crippen LogP contribution is -2.29. The summed E-state index contributed by atoms with van der Waals surface area (Å²) in [4.78, 5) is 43.1. The zero-order valence-corrected chi connectivity index (χ0v) is 18.9. The number of aromatic amines is 3. The van der Waals surface area contributed by atoms with Crippen LogP contribution < -0.4 is 4.90 Å². The molecule has 0 radical (unpaired) electrons. The third kappa shape index (κ3) is 2.81. The summed E-state index contributed by atoms with van der Waals surface area (Å²) in [6.07, 6.45) is 5.43. The number of carbonyl (C=O) groups is 2. The van der Waals surface area contributed by atoms with Gasteiger partial charge in [0.05, 0.1) is 29.3 Å². The first kappa shape index (κ1) is 19.8. The Bertz CT molecular complexity index is 1790. The Morgan fingerprint density at radius 2 is 1.60 bits per heavy atom. The van der Waals surface area contributed by atoms with Crippen molar-refractivity contribution in [3.8, 4) is 0 Å². The molecule has 1 aliphatic heterocycles. The summed E-state index contributed by atoms with van der Waals surface area (Å²) in [5.74, 6) is -1.58. The zero-order valence-electron chi connectivity index (χ0n) is 18.9. The fourth-order valence-corrected chi connectivity index (χ4v) is 5.51. The molecule has 0 spiro atoms. The molecule has 1 saturated heterocycles. The van der Waals surface area contributed by atoms with Crippen LogP contribution in [0.4, 0.5) is 5.69 Å². The van der Waals surface area contributed by atoms with Gasteiger partial charge in [0.1, 0.15) is 0 Å². The SMILES string of the molecule is Cc1ccc2c(C3C(c4c[nH]c5ccccc45)C(=O)C(=O)N3c3ccc4nc[nH]c4c3)c[nH]c2c1. The predicted octanol–water partition coefficient (Wildman–Crippen LogP) is 5.27. The van der Waals surface area contributed by atoms with E-state index in [0.717, 1.165) is 49.5 Å². The second kappa shape index (κ2) is 7.17. The molecule has 1 amide bonds. The Kier molecular flexibility index (Phi) is 4.05. The van der Waals surface area contributed by atoms with E-state index in [4.69, 9.17) is 0 Å². The first-order chi connectivity index (χ1) is 17.1. The summed E-state index contributed by atoms with van der Waals surface area (Å²) < 4.78 is 0. The van der Waals surface area contributed by atoms with E-state index in [2.05, 4.69) is 38.1 Å². The summed E-state index contributed by atoms with van der Waals surface area (Å²) in [7, 11) is 0. The largest absolute Gasteiger partial charge is 0.361 e. The maximum absolute atomic E-state index is 13.7. The topological polar surface area (TPSA) is 97.6 Å². The number of amides is 1. The minimum Gasteiger partial charge on any atom is -0.361 e. The molecule has 2 atom stereocenters. The van der Waals surface area contributed by atoms with Gasteiger partial charge in [-0.3, -0.25) is 14.5 Å². The fourth-order valence-electron chi connectivity index (χ4n) is 5.51. The van der Waals surface area contributed by atoms with Gasteiger partial charge >= 0.3 is 0 Å². The number of rotatable bonds is 3. The number of anilines is 1. The fraction of sp³-hybridized carbons (Fsp3) is 0.107. The number of aromatic nitrogens is 4. The summed E-state index contributed by atoms with van der Waals surface area (Å²) >= 11 is 0. The third-order valence-electron chi connectivity index (χ3n) is 7.13. The van der Waals surface area contributed by atoms with E-state index in [9.17, 15) is 9.59 Å². The number of aryl methyl sites for hydroxylation is 1. The average Bonchev–Trinajstić information content (AvgIpc) is 3.64. The molecule has 1 fully saturated rings. The van der Waals surface area contributed by atoms with Crippen molar-refractivity contribution in [3.63, 3.8) is 0 Å². The lowest BCUT2D eigenvalue weighted by Gasteiger charge is -2.27. The van der Waals surface area contributed by atoms with Crippen molar-refractivity contribution in [2.24, 2.45) is 0 Å². The Labute approximate surface area is 199 Å². The van der Waals surface area contributed by atoms with Crippen molar-refractivity contribution in [2.75, 3.05) is 4.90 Å². The van der Waals surface area contributed by atoms with Crippen molar-refractivity contribution < 1.29 is 9.59 Å². The molecule has 7 heteroatoms. The molecule has 3 aromatic heterocycles. The van der Waals surface area contributed by atoms with Crippen molar-refractivity contribution in [1.82, 2.24) is 19.9 Å². The Hall–Kier alpha value is -4.65. The van der Waals surface area contributed by atoms with Gasteiger partial charge in [-0.2, -0.15) is 0 Å². The standard InChI is InChI=1S/C28H21N5O2/c1-15-6-8-18-20(13-30-23(18)10-15)26-25(19-12-29-21-5-3-2-4-17(19)21)27(34)28(35)33(26)16-7-9-22-24(11-16)32-14-31-22/h2-14,25-26,29-30H,1H3,(H,31,32). The highest BCUT2D eigenvalue weighted by molar-refractivity contribution is 6.46. The molecule has 4 heterocycles. The monoisotopic (exact) mass is 459 g/mol. The number of carbonyl (C=O) groups excluding carboxylic acids is 2. The molecule has 3 N–H and O–H groups in total. The van der Waals surface area contributed by atoms with Crippen LogP contribution in [0.2, 0.25) is 0 Å². The highest BCUT2D eigenvalue weighted by Gasteiger charge is 2.50. The minimum atomic E-state index is -0.656. The molecule has 0 bridgehead atoms. The minimum absolute atomic E-state index is 0.411. The van der Waals surface area contributed by atoms with E-state index >= 15 is 0 Å². The van der Waals surface area contributed by atoms with Crippen LogP contribution in [0.15, 0.2) is 79.4 Å². The number of nitrogens with one attached hydrogen (secondary N) is 3. The Morgan fingerprint density at radius 3 is 2.51 bits per heavy atom. The lowest BCUT2D eigenvalue weighted by molar-refractivity contribution is -0.134. The van der Waals surface area contributed by atoms with Crippen LogP contribution in [0.5, 0.6) is 0 Å². The number of ketones is 1. The number of hydrogen-bond acceptors (Lipinski definition) is 3. The molecule has 1 aliphatic rings. The molecule has 6 aromatic rings. The second-order valence-corrected chi connectivity index (χ2v) is 9.15. The first-order valence-electron chi connectivity index (χ1n) is 11.5. The van der Waals surface area contributed by atoms with Crippen molar-refractivity contribution in [3.05, 3.63) is 96.1 Å². The van der Waals surface area contributed by atoms with Gasteiger partial charge in [0.25, 0.3) is 5.91 Å². The molecule has 3 aromatic carbocycles. The van der Waals surface area contributed by atoms with Gasteiger partial charge in [-0.15, -0.1) is 0 Å². The molecule has 0 aliphatic carbocycles. The van der Waals surface area contributed by atoms with Crippen molar-refractivity contribution in [1.29, 1.82) is 0 Å². The van der Waals surface area contributed by atoms with Gasteiger partial charge in [-0.25, -0.2) is 4.98 Å². The molecule has 7 rings (SSSR count). The highest BCUT2D eigenvalue weighted by Crippen LogP contribution is 2.48. The van der Waals surface area contributed by atoms with Crippen LogP contribution in [0.1, 0.15) is 28.7 Å². The molecule has 0 saturated carbocycles. The summed E-state index contributed by atoms with van der Waals surface area (Å²) in [5.41, 5.74) is 7.08. The number of benzene rings is 3. The summed E-state index contributed by atoms with van der Waals surface area (Å²) in [5, 5.41) is 1.95. The number of imidazole rings is 1. The van der Waals surface area contributed by atoms with Crippen LogP contribution in [0.25, 0.3) is 32.8 Å². The lowest BCUT2D eigenvalue weighted by atomic mass is 9.86. The second-order valence-electron chi connectivity index (χ2n) is 9.15. The number of H-pyrrole nitrogens is 3. The van der Waals surface area contributed by atoms with E-state index in [1.807, 2.05) is 61.8 Å². The van der Waals surface area contributed by atoms with E-state index in [1.165, 1.54) is 0 Å². The smallest absolute Gasteiger partial charge is 0.295 e. The van der Waals surface area contributed by atoms with Crippen molar-refractivity contribution in [2.45, 2.75) is 18.9 Å². The van der Waals surface area contributed by atoms with Crippen LogP contribution in [-0.4, -0.2) is 31.6 Å². The number of para-hydroxylation sites is 1. The van der Waals surface area contributed by atoms with Gasteiger partial charge in [0.2, 0.25) is 5.78 Å². The van der Waals surface area contributed by atoms with E-state index in [1.54, 1.807) is 11.2 Å². The van der Waals surface area contributed by atoms with Crippen LogP contribution >= 0.6 is 0 Å². The molecular formula is C28H21N5O2. The van der Waals surface area contributed by atoms with Gasteiger partial charge < -0.3 is 15.0 Å². The Balaban J connectivity index is 1.49. The molecule has 7 nitrogen and oxygen atoms in total. The molecular weight excluding hydrogens is 438 g/mol. The first-order valence-corrected chi connectivity index (χ1v) is 11.5. The van der Waals surface area contributed by atoms with Crippen LogP contribution in [0, 0.1) is 6.92 Å². The van der Waals surface area contributed by atoms with Gasteiger partial charge in [-0.1, -0.05) is 30.3 Å². The van der Waals surface area contributed by atoms with Crippen LogP contribution in [0.3, 0.4) is 0 Å². The number of hydrogen-bond donors (Lipinski definition) is 3. The number of nitrogens with zero attached hydrogens (tertiary/aromatic N) is 2. The third-order valence-corrected chi connectivity index (χ3v) is 7.13. The molecule has 170 valence electrons. The maximum atomic E-state index is 13.7. The Morgan fingerprint density at radius 1 is 0.800 bits per heavy atom. The maximum Gasteiger partial charge on any atom is 0.295 e. The van der Waals surface area contributed by atoms with Crippen molar-refractivity contribution >= 4 is 50.2 Å². The van der Waals surface area contributed by atoms with E-state index < -0.39 is 23.7 Å². The predicted molar refractivity (Wildman–Crippen MR) is 135 cm³/mol. The summed E-state index contributed by atoms with van der Waals surface area (Å²) in [6, 6.07) is 19.2. The van der Waals surface area contributed by atoms with Gasteiger partial charge in [0.15, 0.2) is 0 Å². The quantitative estimate of drug-likeness (QED) is 0.314. The molecule has 2 unspecified atom stereocenters. The van der Waals surface area contributed by atoms with E-state index in [0.29, 0.717) is 5.69 Å². The normalized spacial score (nSPS) is 18.5. The van der Waals surface area contributed by atoms with Gasteiger partial charge in [0, 0.05) is 45.5 Å². The highest BCUT2D eigenvalue weighted by atomic mass is 16.2.